The quantitative estimate of drug-likeness (QED) is 0.483. The molecular formula is C24H23F3N2O4S. The van der Waals surface area contributed by atoms with Crippen LogP contribution in [-0.4, -0.2) is 27.2 Å². The smallest absolute Gasteiger partial charge is 0.406 e. The molecule has 0 radical (unpaired) electrons. The number of nitrogens with zero attached hydrogens (tertiary/aromatic N) is 1. The third-order valence-electron chi connectivity index (χ3n) is 4.76. The van der Waals surface area contributed by atoms with Crippen molar-refractivity contribution in [3.63, 3.8) is 0 Å². The number of halogens is 3. The Balaban J connectivity index is 1.88. The van der Waals surface area contributed by atoms with E-state index in [1.54, 1.807) is 24.3 Å². The first-order valence-corrected chi connectivity index (χ1v) is 11.6. The van der Waals surface area contributed by atoms with Crippen molar-refractivity contribution in [2.24, 2.45) is 0 Å². The zero-order valence-electron chi connectivity index (χ0n) is 18.7. The zero-order chi connectivity index (χ0) is 25.1. The van der Waals surface area contributed by atoms with Gasteiger partial charge in [-0.25, -0.2) is 8.42 Å². The molecule has 0 aliphatic carbocycles. The molecule has 1 N–H and O–H groups in total. The molecule has 3 rings (SSSR count). The van der Waals surface area contributed by atoms with Gasteiger partial charge in [-0.1, -0.05) is 23.8 Å². The predicted molar refractivity (Wildman–Crippen MR) is 123 cm³/mol. The molecule has 6 nitrogen and oxygen atoms in total. The van der Waals surface area contributed by atoms with Crippen molar-refractivity contribution in [1.82, 2.24) is 0 Å². The average molecular weight is 493 g/mol. The van der Waals surface area contributed by atoms with E-state index in [2.05, 4.69) is 10.1 Å². The third kappa shape index (κ3) is 6.50. The molecule has 0 heterocycles. The molecule has 0 bridgehead atoms. The lowest BCUT2D eigenvalue weighted by atomic mass is 10.1. The second kappa shape index (κ2) is 9.76. The number of alkyl halides is 3. The highest BCUT2D eigenvalue weighted by molar-refractivity contribution is 7.92. The van der Waals surface area contributed by atoms with Crippen LogP contribution in [0.25, 0.3) is 0 Å². The topological polar surface area (TPSA) is 75.7 Å². The molecule has 3 aromatic carbocycles. The van der Waals surface area contributed by atoms with E-state index >= 15 is 0 Å². The number of hydrogen-bond donors (Lipinski definition) is 1. The Morgan fingerprint density at radius 3 is 1.97 bits per heavy atom. The van der Waals surface area contributed by atoms with E-state index in [0.29, 0.717) is 5.69 Å². The second-order valence-electron chi connectivity index (χ2n) is 7.79. The Morgan fingerprint density at radius 2 is 1.44 bits per heavy atom. The van der Waals surface area contributed by atoms with Crippen LogP contribution in [0.4, 0.5) is 24.5 Å². The maximum absolute atomic E-state index is 13.5. The van der Waals surface area contributed by atoms with Crippen molar-refractivity contribution < 1.29 is 31.1 Å². The fourth-order valence-corrected chi connectivity index (χ4v) is 4.72. The van der Waals surface area contributed by atoms with Crippen molar-refractivity contribution in [3.05, 3.63) is 83.4 Å². The predicted octanol–water partition coefficient (Wildman–Crippen LogP) is 5.34. The summed E-state index contributed by atoms with van der Waals surface area (Å²) in [6, 6.07) is 16.0. The number of benzene rings is 3. The molecule has 3 aromatic rings. The monoisotopic (exact) mass is 492 g/mol. The Hall–Kier alpha value is -3.53. The van der Waals surface area contributed by atoms with E-state index < -0.39 is 34.6 Å². The molecule has 0 atom stereocenters. The zero-order valence-corrected chi connectivity index (χ0v) is 19.5. The van der Waals surface area contributed by atoms with E-state index in [0.717, 1.165) is 33.1 Å². The van der Waals surface area contributed by atoms with Gasteiger partial charge >= 0.3 is 6.36 Å². The molecule has 0 aliphatic heterocycles. The van der Waals surface area contributed by atoms with Crippen LogP contribution in [0.3, 0.4) is 0 Å². The number of hydrogen-bond acceptors (Lipinski definition) is 4. The number of carbonyl (C=O) groups is 1. The fourth-order valence-electron chi connectivity index (χ4n) is 3.32. The number of sulfonamides is 1. The molecule has 0 aliphatic rings. The summed E-state index contributed by atoms with van der Waals surface area (Å²) in [5.74, 6) is -1.11. The third-order valence-corrected chi connectivity index (χ3v) is 6.55. The van der Waals surface area contributed by atoms with Gasteiger partial charge in [0, 0.05) is 5.69 Å². The number of anilines is 2. The summed E-state index contributed by atoms with van der Waals surface area (Å²) >= 11 is 0. The van der Waals surface area contributed by atoms with Gasteiger partial charge in [-0.15, -0.1) is 13.2 Å². The van der Waals surface area contributed by atoms with Crippen LogP contribution in [0.15, 0.2) is 71.6 Å². The first-order valence-electron chi connectivity index (χ1n) is 10.2. The van der Waals surface area contributed by atoms with Crippen LogP contribution in [0.1, 0.15) is 16.7 Å². The maximum Gasteiger partial charge on any atom is 0.573 e. The fraction of sp³-hybridized carbons (Fsp3) is 0.208. The Bertz CT molecular complexity index is 1250. The van der Waals surface area contributed by atoms with Crippen LogP contribution in [0.2, 0.25) is 0 Å². The van der Waals surface area contributed by atoms with Gasteiger partial charge in [0.2, 0.25) is 5.91 Å². The lowest BCUT2D eigenvalue weighted by Gasteiger charge is -2.25. The Kier molecular flexibility index (Phi) is 7.21. The van der Waals surface area contributed by atoms with Gasteiger partial charge in [-0.3, -0.25) is 9.10 Å². The summed E-state index contributed by atoms with van der Waals surface area (Å²) in [4.78, 5) is 12.8. The lowest BCUT2D eigenvalue weighted by Crippen LogP contribution is -2.38. The molecular weight excluding hydrogens is 469 g/mol. The summed E-state index contributed by atoms with van der Waals surface area (Å²) in [6.07, 6.45) is -4.83. The van der Waals surface area contributed by atoms with E-state index in [1.807, 2.05) is 26.8 Å². The van der Waals surface area contributed by atoms with Crippen LogP contribution < -0.4 is 14.4 Å². The molecule has 0 unspecified atom stereocenters. The largest absolute Gasteiger partial charge is 0.573 e. The van der Waals surface area contributed by atoms with Gasteiger partial charge in [0.25, 0.3) is 10.0 Å². The van der Waals surface area contributed by atoms with Crippen LogP contribution in [0.5, 0.6) is 5.75 Å². The van der Waals surface area contributed by atoms with Gasteiger partial charge in [0.05, 0.1) is 10.6 Å². The molecule has 1 amide bonds. The number of nitrogens with one attached hydrogen (secondary N) is 1. The van der Waals surface area contributed by atoms with Gasteiger partial charge in [0.1, 0.15) is 12.3 Å². The minimum atomic E-state index is -4.83. The summed E-state index contributed by atoms with van der Waals surface area (Å²) in [5, 5.41) is 2.51. The molecule has 34 heavy (non-hydrogen) atoms. The van der Waals surface area contributed by atoms with E-state index in [1.165, 1.54) is 24.3 Å². The highest BCUT2D eigenvalue weighted by atomic mass is 32.2. The van der Waals surface area contributed by atoms with E-state index in [9.17, 15) is 26.4 Å². The molecule has 180 valence electrons. The van der Waals surface area contributed by atoms with Gasteiger partial charge in [-0.2, -0.15) is 0 Å². The number of ether oxygens (including phenoxy) is 1. The molecule has 0 saturated heterocycles. The highest BCUT2D eigenvalue weighted by Crippen LogP contribution is 2.27. The lowest BCUT2D eigenvalue weighted by molar-refractivity contribution is -0.274. The molecule has 0 aromatic heterocycles. The van der Waals surface area contributed by atoms with Crippen molar-refractivity contribution in [2.45, 2.75) is 32.0 Å². The maximum atomic E-state index is 13.5. The highest BCUT2D eigenvalue weighted by Gasteiger charge is 2.31. The van der Waals surface area contributed by atoms with Gasteiger partial charge in [-0.05, 0) is 80.4 Å². The summed E-state index contributed by atoms with van der Waals surface area (Å²) in [6.45, 7) is 4.92. The molecule has 0 spiro atoms. The number of carbonyl (C=O) groups excluding carboxylic acids is 1. The number of rotatable bonds is 7. The van der Waals surface area contributed by atoms with E-state index in [4.69, 9.17) is 0 Å². The SMILES string of the molecule is Cc1ccc(S(=O)(=O)N(CC(=O)Nc2ccc(OC(F)(F)F)cc2)c2cc(C)cc(C)c2)cc1. The van der Waals surface area contributed by atoms with Gasteiger partial charge in [0.15, 0.2) is 0 Å². The Labute approximate surface area is 196 Å². The van der Waals surface area contributed by atoms with Crippen molar-refractivity contribution in [1.29, 1.82) is 0 Å². The van der Waals surface area contributed by atoms with Crippen LogP contribution in [0, 0.1) is 20.8 Å². The Morgan fingerprint density at radius 1 is 0.882 bits per heavy atom. The van der Waals surface area contributed by atoms with Crippen LogP contribution >= 0.6 is 0 Å². The molecule has 10 heteroatoms. The van der Waals surface area contributed by atoms with Crippen molar-refractivity contribution >= 4 is 27.3 Å². The molecule has 0 fully saturated rings. The van der Waals surface area contributed by atoms with Crippen molar-refractivity contribution in [2.75, 3.05) is 16.2 Å². The molecule has 0 saturated carbocycles. The second-order valence-corrected chi connectivity index (χ2v) is 9.65. The minimum absolute atomic E-state index is 0.0266. The number of aryl methyl sites for hydroxylation is 3. The van der Waals surface area contributed by atoms with Crippen molar-refractivity contribution in [3.8, 4) is 5.75 Å². The summed E-state index contributed by atoms with van der Waals surface area (Å²) in [5.41, 5.74) is 3.03. The first-order chi connectivity index (χ1) is 15.8. The average Bonchev–Trinajstić information content (AvgIpc) is 2.72. The normalized spacial score (nSPS) is 11.7. The van der Waals surface area contributed by atoms with Crippen LogP contribution in [-0.2, 0) is 14.8 Å². The standard InChI is InChI=1S/C24H23F3N2O4S/c1-16-4-10-22(11-5-16)34(31,32)29(20-13-17(2)12-18(3)14-20)15-23(30)28-19-6-8-21(9-7-19)33-24(25,26)27/h4-14H,15H2,1-3H3,(H,28,30). The van der Waals surface area contributed by atoms with Gasteiger partial charge < -0.3 is 10.1 Å². The van der Waals surface area contributed by atoms with E-state index in [-0.39, 0.29) is 10.6 Å². The minimum Gasteiger partial charge on any atom is -0.406 e. The number of amides is 1. The summed E-state index contributed by atoms with van der Waals surface area (Å²) in [7, 11) is -4.09. The summed E-state index contributed by atoms with van der Waals surface area (Å²) < 4.78 is 68.7. The first kappa shape index (κ1) is 25.1.